The summed E-state index contributed by atoms with van der Waals surface area (Å²) in [7, 11) is 1.62. The Hall–Kier alpha value is -3.12. The van der Waals surface area contributed by atoms with Gasteiger partial charge in [-0.3, -0.25) is 9.78 Å². The van der Waals surface area contributed by atoms with Crippen LogP contribution in [0, 0.1) is 5.41 Å². The van der Waals surface area contributed by atoms with Crippen LogP contribution in [0.5, 0.6) is 0 Å². The van der Waals surface area contributed by atoms with Crippen LogP contribution >= 0.6 is 11.8 Å². The van der Waals surface area contributed by atoms with Gasteiger partial charge in [0.25, 0.3) is 5.91 Å². The van der Waals surface area contributed by atoms with Gasteiger partial charge in [0.05, 0.1) is 5.56 Å². The molecule has 1 amide bonds. The van der Waals surface area contributed by atoms with Crippen molar-refractivity contribution in [2.45, 2.75) is 22.6 Å². The smallest absolute Gasteiger partial charge is 0.252 e. The molecule has 0 aliphatic carbocycles. The molecule has 3 rings (SSSR count). The Morgan fingerprint density at radius 1 is 1.11 bits per heavy atom. The van der Waals surface area contributed by atoms with E-state index in [0.29, 0.717) is 29.8 Å². The molecular formula is C22H22N4OS. The number of pyridine rings is 1. The molecule has 142 valence electrons. The zero-order valence-corrected chi connectivity index (χ0v) is 16.4. The third-order valence-corrected chi connectivity index (χ3v) is 5.36. The van der Waals surface area contributed by atoms with Gasteiger partial charge in [-0.1, -0.05) is 30.0 Å². The normalized spacial score (nSPS) is 10.5. The van der Waals surface area contributed by atoms with Crippen molar-refractivity contribution in [3.63, 3.8) is 0 Å². The molecule has 5 nitrogen and oxygen atoms in total. The Morgan fingerprint density at radius 3 is 2.61 bits per heavy atom. The number of nitrogens with two attached hydrogens (primary N) is 1. The number of anilines is 1. The van der Waals surface area contributed by atoms with Crippen molar-refractivity contribution in [2.24, 2.45) is 0 Å². The topological polar surface area (TPSA) is 91.9 Å². The number of nitrogens with zero attached hydrogens (tertiary/aromatic N) is 1. The number of carbonyl (C=O) groups is 1. The predicted molar refractivity (Wildman–Crippen MR) is 114 cm³/mol. The lowest BCUT2D eigenvalue weighted by Gasteiger charge is -2.11. The van der Waals surface area contributed by atoms with Crippen molar-refractivity contribution < 1.29 is 4.79 Å². The number of nitrogen functional groups attached to an aromatic ring is 1. The minimum Gasteiger partial charge on any atom is -0.398 e. The maximum Gasteiger partial charge on any atom is 0.252 e. The molecule has 0 atom stereocenters. The van der Waals surface area contributed by atoms with Crippen molar-refractivity contribution in [3.05, 3.63) is 83.7 Å². The van der Waals surface area contributed by atoms with Crippen LogP contribution in [0.1, 0.15) is 28.0 Å². The molecule has 0 spiro atoms. The van der Waals surface area contributed by atoms with Crippen molar-refractivity contribution >= 4 is 29.1 Å². The van der Waals surface area contributed by atoms with Gasteiger partial charge in [0.15, 0.2) is 0 Å². The Labute approximate surface area is 168 Å². The average Bonchev–Trinajstić information content (AvgIpc) is 2.73. The summed E-state index contributed by atoms with van der Waals surface area (Å²) in [6.07, 6.45) is 3.04. The molecule has 0 unspecified atom stereocenters. The molecule has 0 bridgehead atoms. The van der Waals surface area contributed by atoms with E-state index >= 15 is 0 Å². The highest BCUT2D eigenvalue weighted by atomic mass is 32.2. The maximum atomic E-state index is 12.0. The molecule has 1 aromatic heterocycles. The van der Waals surface area contributed by atoms with Crippen LogP contribution in [0.2, 0.25) is 0 Å². The Bertz CT molecular complexity index is 989. The van der Waals surface area contributed by atoms with E-state index in [1.165, 1.54) is 11.8 Å². The monoisotopic (exact) mass is 390 g/mol. The lowest BCUT2D eigenvalue weighted by molar-refractivity contribution is 0.0960. The summed E-state index contributed by atoms with van der Waals surface area (Å²) in [6, 6.07) is 18.9. The lowest BCUT2D eigenvalue weighted by Crippen LogP contribution is -2.18. The summed E-state index contributed by atoms with van der Waals surface area (Å²) in [6.45, 7) is 0. The molecule has 4 N–H and O–H groups in total. The molecule has 28 heavy (non-hydrogen) atoms. The van der Waals surface area contributed by atoms with Gasteiger partial charge in [-0.15, -0.1) is 0 Å². The minimum absolute atomic E-state index is 0.121. The van der Waals surface area contributed by atoms with Crippen LogP contribution in [0.4, 0.5) is 5.69 Å². The van der Waals surface area contributed by atoms with E-state index in [0.717, 1.165) is 21.0 Å². The van der Waals surface area contributed by atoms with Crippen LogP contribution in [-0.4, -0.2) is 23.7 Å². The Balaban J connectivity index is 1.72. The quantitative estimate of drug-likeness (QED) is 0.417. The van der Waals surface area contributed by atoms with Gasteiger partial charge in [0.2, 0.25) is 0 Å². The van der Waals surface area contributed by atoms with E-state index in [-0.39, 0.29) is 5.91 Å². The van der Waals surface area contributed by atoms with E-state index in [4.69, 9.17) is 11.1 Å². The van der Waals surface area contributed by atoms with Gasteiger partial charge >= 0.3 is 0 Å². The zero-order chi connectivity index (χ0) is 19.9. The number of carbonyl (C=O) groups excluding carboxylic acids is 1. The highest BCUT2D eigenvalue weighted by Crippen LogP contribution is 2.32. The first-order valence-electron chi connectivity index (χ1n) is 8.94. The molecule has 0 fully saturated rings. The standard InChI is InChI=1S/C22H22N4OS/c1-25-22(27)18-7-2-3-8-21(18)28-16-10-11-17(20(24)14-16)19(23)12-9-15-6-4-5-13-26-15/h2-8,10-11,13-14,23H,9,12,24H2,1H3,(H,25,27). The lowest BCUT2D eigenvalue weighted by atomic mass is 10.0. The minimum atomic E-state index is -0.121. The molecule has 0 aliphatic rings. The van der Waals surface area contributed by atoms with Crippen molar-refractivity contribution in [1.82, 2.24) is 10.3 Å². The number of amides is 1. The summed E-state index contributed by atoms with van der Waals surface area (Å²) < 4.78 is 0. The van der Waals surface area contributed by atoms with E-state index in [9.17, 15) is 4.79 Å². The van der Waals surface area contributed by atoms with Crippen LogP contribution in [0.25, 0.3) is 0 Å². The summed E-state index contributed by atoms with van der Waals surface area (Å²) in [5.74, 6) is -0.121. The summed E-state index contributed by atoms with van der Waals surface area (Å²) in [5, 5.41) is 11.0. The predicted octanol–water partition coefficient (Wildman–Crippen LogP) is 4.18. The van der Waals surface area contributed by atoms with Crippen LogP contribution < -0.4 is 11.1 Å². The molecular weight excluding hydrogens is 368 g/mol. The number of aryl methyl sites for hydroxylation is 1. The molecule has 0 saturated heterocycles. The Morgan fingerprint density at radius 2 is 1.89 bits per heavy atom. The fourth-order valence-electron chi connectivity index (χ4n) is 2.82. The van der Waals surface area contributed by atoms with Gasteiger partial charge in [0.1, 0.15) is 0 Å². The number of hydrogen-bond donors (Lipinski definition) is 3. The summed E-state index contributed by atoms with van der Waals surface area (Å²) in [5.41, 5.74) is 9.60. The van der Waals surface area contributed by atoms with Crippen LogP contribution in [0.3, 0.4) is 0 Å². The molecule has 0 saturated carbocycles. The van der Waals surface area contributed by atoms with Crippen LogP contribution in [0.15, 0.2) is 76.7 Å². The number of hydrogen-bond acceptors (Lipinski definition) is 5. The SMILES string of the molecule is CNC(=O)c1ccccc1Sc1ccc(C(=N)CCc2ccccn2)c(N)c1. The fraction of sp³-hybridized carbons (Fsp3) is 0.136. The van der Waals surface area contributed by atoms with Gasteiger partial charge < -0.3 is 16.5 Å². The third-order valence-electron chi connectivity index (χ3n) is 4.29. The Kier molecular flexibility index (Phi) is 6.45. The first-order chi connectivity index (χ1) is 13.6. The largest absolute Gasteiger partial charge is 0.398 e. The van der Waals surface area contributed by atoms with Crippen molar-refractivity contribution in [3.8, 4) is 0 Å². The number of aromatic nitrogens is 1. The highest BCUT2D eigenvalue weighted by molar-refractivity contribution is 7.99. The van der Waals surface area contributed by atoms with E-state index in [1.54, 1.807) is 19.3 Å². The highest BCUT2D eigenvalue weighted by Gasteiger charge is 2.12. The van der Waals surface area contributed by atoms with E-state index in [2.05, 4.69) is 10.3 Å². The number of rotatable bonds is 7. The molecule has 2 aromatic carbocycles. The number of nitrogens with one attached hydrogen (secondary N) is 2. The zero-order valence-electron chi connectivity index (χ0n) is 15.6. The summed E-state index contributed by atoms with van der Waals surface area (Å²) >= 11 is 1.48. The first kappa shape index (κ1) is 19.6. The maximum absolute atomic E-state index is 12.0. The van der Waals surface area contributed by atoms with Crippen molar-refractivity contribution in [1.29, 1.82) is 5.41 Å². The second-order valence-electron chi connectivity index (χ2n) is 6.23. The second kappa shape index (κ2) is 9.19. The van der Waals surface area contributed by atoms with Crippen LogP contribution in [-0.2, 0) is 6.42 Å². The van der Waals surface area contributed by atoms with E-state index in [1.807, 2.05) is 54.6 Å². The third kappa shape index (κ3) is 4.78. The molecule has 0 aliphatic heterocycles. The van der Waals surface area contributed by atoms with Gasteiger partial charge in [-0.05, 0) is 55.3 Å². The average molecular weight is 391 g/mol. The molecule has 0 radical (unpaired) electrons. The molecule has 6 heteroatoms. The first-order valence-corrected chi connectivity index (χ1v) is 9.76. The molecule has 1 heterocycles. The van der Waals surface area contributed by atoms with Crippen molar-refractivity contribution in [2.75, 3.05) is 12.8 Å². The van der Waals surface area contributed by atoms with E-state index < -0.39 is 0 Å². The fourth-order valence-corrected chi connectivity index (χ4v) is 3.81. The second-order valence-corrected chi connectivity index (χ2v) is 7.34. The van der Waals surface area contributed by atoms with Gasteiger partial charge in [-0.2, -0.15) is 0 Å². The molecule has 3 aromatic rings. The summed E-state index contributed by atoms with van der Waals surface area (Å²) in [4.78, 5) is 18.1. The van der Waals surface area contributed by atoms with Gasteiger partial charge in [0, 0.05) is 45.7 Å². The van der Waals surface area contributed by atoms with Gasteiger partial charge in [-0.25, -0.2) is 0 Å². The number of benzene rings is 2.